The highest BCUT2D eigenvalue weighted by Crippen LogP contribution is 2.24. The zero-order valence-electron chi connectivity index (χ0n) is 27.0. The van der Waals surface area contributed by atoms with E-state index in [1.165, 1.54) is 97.0 Å². The van der Waals surface area contributed by atoms with Gasteiger partial charge in [0.2, 0.25) is 0 Å². The van der Waals surface area contributed by atoms with Crippen LogP contribution in [0.1, 0.15) is 126 Å². The van der Waals surface area contributed by atoms with Gasteiger partial charge in [-0.2, -0.15) is 0 Å². The van der Waals surface area contributed by atoms with E-state index in [2.05, 4.69) is 6.92 Å². The predicted octanol–water partition coefficient (Wildman–Crippen LogP) is 9.70. The summed E-state index contributed by atoms with van der Waals surface area (Å²) in [5, 5.41) is 0. The number of benzene rings is 2. The number of carbonyl (C=O) groups excluding carboxylic acids is 1. The van der Waals surface area contributed by atoms with Gasteiger partial charge in [-0.3, -0.25) is 4.21 Å². The zero-order chi connectivity index (χ0) is 31.0. The number of methoxy groups -OCH3 is 1. The Bertz CT molecular complexity index is 1020. The first-order valence-corrected chi connectivity index (χ1v) is 18.1. The van der Waals surface area contributed by atoms with Crippen molar-refractivity contribution >= 4 is 16.8 Å². The van der Waals surface area contributed by atoms with Gasteiger partial charge in [-0.1, -0.05) is 103 Å². The third-order valence-corrected chi connectivity index (χ3v) is 8.49. The second kappa shape index (κ2) is 23.9. The van der Waals surface area contributed by atoms with E-state index in [9.17, 15) is 9.00 Å². The SMILES string of the molecule is CCCCCCCCCCCCCCCCCCOc1cc(OCCCOc2ccc(S(C)=O)cc2)cc(C(=O)OC)c1. The number of hydrogen-bond donors (Lipinski definition) is 0. The van der Waals surface area contributed by atoms with Crippen LogP contribution in [0.25, 0.3) is 0 Å². The largest absolute Gasteiger partial charge is 0.493 e. The lowest BCUT2D eigenvalue weighted by molar-refractivity contribution is 0.0599. The van der Waals surface area contributed by atoms with Gasteiger partial charge in [0.25, 0.3) is 0 Å². The highest BCUT2D eigenvalue weighted by Gasteiger charge is 2.11. The van der Waals surface area contributed by atoms with Crippen molar-refractivity contribution in [3.63, 3.8) is 0 Å². The van der Waals surface area contributed by atoms with Crippen molar-refractivity contribution in [1.29, 1.82) is 0 Å². The standard InChI is InChI=1S/C36H56O6S/c1-4-5-6-7-8-9-10-11-12-13-14-15-16-17-18-19-25-41-33-28-31(36(37)39-2)29-34(30-33)42-27-20-26-40-32-21-23-35(24-22-32)43(3)38/h21-24,28-30H,4-20,25-27H2,1-3H3. The Balaban J connectivity index is 1.56. The summed E-state index contributed by atoms with van der Waals surface area (Å²) in [6, 6.07) is 12.5. The van der Waals surface area contributed by atoms with Crippen LogP contribution in [0.15, 0.2) is 47.4 Å². The third kappa shape index (κ3) is 17.4. The Labute approximate surface area is 263 Å². The highest BCUT2D eigenvalue weighted by atomic mass is 32.2. The topological polar surface area (TPSA) is 71.1 Å². The second-order valence-corrected chi connectivity index (χ2v) is 12.7. The molecule has 242 valence electrons. The molecular weight excluding hydrogens is 560 g/mol. The number of carbonyl (C=O) groups is 1. The Morgan fingerprint density at radius 1 is 0.581 bits per heavy atom. The van der Waals surface area contributed by atoms with E-state index in [0.717, 1.165) is 23.5 Å². The molecule has 2 aromatic carbocycles. The fraction of sp³-hybridized carbons (Fsp3) is 0.639. The number of esters is 1. The summed E-state index contributed by atoms with van der Waals surface area (Å²) >= 11 is 0. The lowest BCUT2D eigenvalue weighted by Crippen LogP contribution is -2.07. The van der Waals surface area contributed by atoms with E-state index >= 15 is 0 Å². The van der Waals surface area contributed by atoms with Crippen LogP contribution in [0.5, 0.6) is 17.2 Å². The summed E-state index contributed by atoms with van der Waals surface area (Å²) in [5.74, 6) is 1.49. The number of unbranched alkanes of at least 4 members (excludes halogenated alkanes) is 15. The van der Waals surface area contributed by atoms with Gasteiger partial charge in [-0.05, 0) is 42.8 Å². The van der Waals surface area contributed by atoms with Crippen LogP contribution in [-0.2, 0) is 15.5 Å². The quantitative estimate of drug-likeness (QED) is 0.0774. The summed E-state index contributed by atoms with van der Waals surface area (Å²) in [6.45, 7) is 3.80. The molecule has 1 atom stereocenters. The average Bonchev–Trinajstić information content (AvgIpc) is 3.02. The molecular formula is C36H56O6S. The van der Waals surface area contributed by atoms with E-state index in [4.69, 9.17) is 18.9 Å². The lowest BCUT2D eigenvalue weighted by atomic mass is 10.0. The third-order valence-electron chi connectivity index (χ3n) is 7.55. The van der Waals surface area contributed by atoms with Gasteiger partial charge in [0.05, 0.1) is 32.5 Å². The lowest BCUT2D eigenvalue weighted by Gasteiger charge is -2.12. The first-order valence-electron chi connectivity index (χ1n) is 16.6. The molecule has 2 aromatic rings. The van der Waals surface area contributed by atoms with E-state index in [-0.39, 0.29) is 0 Å². The molecule has 0 N–H and O–H groups in total. The van der Waals surface area contributed by atoms with Gasteiger partial charge in [-0.25, -0.2) is 4.79 Å². The first kappa shape index (κ1) is 36.7. The Morgan fingerprint density at radius 3 is 1.44 bits per heavy atom. The van der Waals surface area contributed by atoms with Crippen LogP contribution in [0, 0.1) is 0 Å². The van der Waals surface area contributed by atoms with Crippen molar-refractivity contribution in [2.45, 2.75) is 121 Å². The van der Waals surface area contributed by atoms with Crippen molar-refractivity contribution < 1.29 is 28.0 Å². The maximum atomic E-state index is 12.2. The fourth-order valence-corrected chi connectivity index (χ4v) is 5.50. The van der Waals surface area contributed by atoms with Crippen LogP contribution in [-0.4, -0.2) is 43.4 Å². The van der Waals surface area contributed by atoms with Gasteiger partial charge in [0, 0.05) is 34.4 Å². The van der Waals surface area contributed by atoms with E-state index in [0.29, 0.717) is 43.3 Å². The number of hydrogen-bond acceptors (Lipinski definition) is 6. The molecule has 0 heterocycles. The van der Waals surface area contributed by atoms with Gasteiger partial charge in [0.15, 0.2) is 0 Å². The molecule has 2 rings (SSSR count). The van der Waals surface area contributed by atoms with Crippen LogP contribution >= 0.6 is 0 Å². The molecule has 0 spiro atoms. The molecule has 43 heavy (non-hydrogen) atoms. The monoisotopic (exact) mass is 616 g/mol. The van der Waals surface area contributed by atoms with Crippen molar-refractivity contribution in [2.24, 2.45) is 0 Å². The summed E-state index contributed by atoms with van der Waals surface area (Å²) in [7, 11) is 0.367. The zero-order valence-corrected chi connectivity index (χ0v) is 27.9. The maximum Gasteiger partial charge on any atom is 0.338 e. The molecule has 0 aliphatic carbocycles. The van der Waals surface area contributed by atoms with E-state index in [1.807, 2.05) is 30.3 Å². The minimum Gasteiger partial charge on any atom is -0.493 e. The smallest absolute Gasteiger partial charge is 0.338 e. The number of rotatable bonds is 26. The van der Waals surface area contributed by atoms with Crippen molar-refractivity contribution in [1.82, 2.24) is 0 Å². The molecule has 0 fully saturated rings. The minimum absolute atomic E-state index is 0.409. The molecule has 1 unspecified atom stereocenters. The molecule has 0 aliphatic rings. The first-order chi connectivity index (χ1) is 21.0. The highest BCUT2D eigenvalue weighted by molar-refractivity contribution is 7.84. The Kier molecular flexibility index (Phi) is 20.3. The van der Waals surface area contributed by atoms with Crippen LogP contribution in [0.4, 0.5) is 0 Å². The van der Waals surface area contributed by atoms with Crippen LogP contribution < -0.4 is 14.2 Å². The molecule has 0 amide bonds. The molecule has 0 aromatic heterocycles. The molecule has 0 saturated carbocycles. The molecule has 0 aliphatic heterocycles. The maximum absolute atomic E-state index is 12.2. The Hall–Kier alpha value is -2.54. The van der Waals surface area contributed by atoms with E-state index < -0.39 is 16.8 Å². The van der Waals surface area contributed by atoms with Crippen LogP contribution in [0.3, 0.4) is 0 Å². The molecule has 0 radical (unpaired) electrons. The summed E-state index contributed by atoms with van der Waals surface area (Å²) in [4.78, 5) is 12.9. The van der Waals surface area contributed by atoms with Gasteiger partial charge in [-0.15, -0.1) is 0 Å². The molecule has 6 nitrogen and oxygen atoms in total. The normalized spacial score (nSPS) is 11.7. The summed E-state index contributed by atoms with van der Waals surface area (Å²) < 4.78 is 34.0. The molecule has 7 heteroatoms. The van der Waals surface area contributed by atoms with Crippen LogP contribution in [0.2, 0.25) is 0 Å². The molecule has 0 saturated heterocycles. The van der Waals surface area contributed by atoms with Gasteiger partial charge >= 0.3 is 5.97 Å². The fourth-order valence-electron chi connectivity index (χ4n) is 4.98. The van der Waals surface area contributed by atoms with Crippen molar-refractivity contribution in [3.05, 3.63) is 48.0 Å². The summed E-state index contributed by atoms with van der Waals surface area (Å²) in [5.41, 5.74) is 0.409. The van der Waals surface area contributed by atoms with Crippen molar-refractivity contribution in [3.8, 4) is 17.2 Å². The summed E-state index contributed by atoms with van der Waals surface area (Å²) in [6.07, 6.45) is 23.7. The van der Waals surface area contributed by atoms with Crippen molar-refractivity contribution in [2.75, 3.05) is 33.2 Å². The number of ether oxygens (including phenoxy) is 4. The minimum atomic E-state index is -1.00. The predicted molar refractivity (Wildman–Crippen MR) is 177 cm³/mol. The molecule has 0 bridgehead atoms. The van der Waals surface area contributed by atoms with E-state index in [1.54, 1.807) is 18.4 Å². The Morgan fingerprint density at radius 2 is 1.00 bits per heavy atom. The second-order valence-electron chi connectivity index (χ2n) is 11.3. The van der Waals surface area contributed by atoms with Gasteiger partial charge < -0.3 is 18.9 Å². The average molecular weight is 617 g/mol. The van der Waals surface area contributed by atoms with Gasteiger partial charge in [0.1, 0.15) is 17.2 Å².